The Morgan fingerprint density at radius 2 is 1.35 bits per heavy atom. The van der Waals surface area contributed by atoms with Crippen molar-refractivity contribution in [3.63, 3.8) is 0 Å². The van der Waals surface area contributed by atoms with Gasteiger partial charge in [-0.15, -0.1) is 0 Å². The van der Waals surface area contributed by atoms with Gasteiger partial charge < -0.3 is 5.11 Å². The molecule has 1 aromatic rings. The first-order valence-corrected chi connectivity index (χ1v) is 4.04. The summed E-state index contributed by atoms with van der Waals surface area (Å²) in [4.78, 5) is 10.3. The van der Waals surface area contributed by atoms with E-state index in [-0.39, 0.29) is 12.1 Å². The van der Waals surface area contributed by atoms with E-state index in [2.05, 4.69) is 0 Å². The lowest BCUT2D eigenvalue weighted by Gasteiger charge is -2.14. The number of carbonyl (C=O) groups excluding carboxylic acids is 1. The topological polar surface area (TPSA) is 37.3 Å². The number of halogens is 6. The van der Waals surface area contributed by atoms with Crippen molar-refractivity contribution in [2.45, 2.75) is 12.4 Å². The van der Waals surface area contributed by atoms with Crippen molar-refractivity contribution in [3.05, 3.63) is 28.8 Å². The predicted molar refractivity (Wildman–Crippen MR) is 43.5 cm³/mol. The molecule has 1 N–H and O–H groups in total. The molecule has 0 unspecified atom stereocenters. The molecule has 0 aliphatic heterocycles. The van der Waals surface area contributed by atoms with Gasteiger partial charge in [0.1, 0.15) is 5.75 Å². The molecule has 0 atom stereocenters. The fourth-order valence-electron chi connectivity index (χ4n) is 1.20. The number of aldehydes is 1. The molecule has 8 heteroatoms. The molecule has 1 rings (SSSR count). The van der Waals surface area contributed by atoms with Crippen LogP contribution < -0.4 is 0 Å². The highest BCUT2D eigenvalue weighted by Gasteiger charge is 2.40. The third-order valence-corrected chi connectivity index (χ3v) is 1.95. The van der Waals surface area contributed by atoms with Crippen LogP contribution in [0.15, 0.2) is 12.1 Å². The van der Waals surface area contributed by atoms with E-state index in [0.29, 0.717) is 0 Å². The first kappa shape index (κ1) is 13.3. The monoisotopic (exact) mass is 258 g/mol. The largest absolute Gasteiger partial charge is 0.507 e. The smallest absolute Gasteiger partial charge is 0.419 e. The van der Waals surface area contributed by atoms with Crippen molar-refractivity contribution in [1.82, 2.24) is 0 Å². The van der Waals surface area contributed by atoms with Gasteiger partial charge in [0.05, 0.1) is 16.7 Å². The lowest BCUT2D eigenvalue weighted by Crippen LogP contribution is -2.13. The Morgan fingerprint density at radius 1 is 0.941 bits per heavy atom. The highest BCUT2D eigenvalue weighted by molar-refractivity contribution is 5.83. The summed E-state index contributed by atoms with van der Waals surface area (Å²) in [6.45, 7) is 0. The minimum absolute atomic E-state index is 0.0746. The molecule has 0 bridgehead atoms. The highest BCUT2D eigenvalue weighted by Crippen LogP contribution is 2.42. The lowest BCUT2D eigenvalue weighted by molar-refractivity contribution is -0.142. The molecule has 94 valence electrons. The van der Waals surface area contributed by atoms with E-state index in [1.54, 1.807) is 0 Å². The first-order valence-electron chi connectivity index (χ1n) is 4.04. The summed E-state index contributed by atoms with van der Waals surface area (Å²) in [7, 11) is 0. The Kier molecular flexibility index (Phi) is 3.09. The van der Waals surface area contributed by atoms with Crippen LogP contribution in [0.3, 0.4) is 0 Å². The number of benzene rings is 1. The van der Waals surface area contributed by atoms with E-state index in [1.807, 2.05) is 0 Å². The number of hydrogen-bond donors (Lipinski definition) is 1. The Hall–Kier alpha value is -1.73. The Balaban J connectivity index is 3.54. The second-order valence-corrected chi connectivity index (χ2v) is 3.04. The van der Waals surface area contributed by atoms with Crippen LogP contribution in [-0.2, 0) is 12.4 Å². The summed E-state index contributed by atoms with van der Waals surface area (Å²) < 4.78 is 73.6. The van der Waals surface area contributed by atoms with Gasteiger partial charge in [-0.1, -0.05) is 0 Å². The van der Waals surface area contributed by atoms with Crippen molar-refractivity contribution < 1.29 is 36.2 Å². The van der Waals surface area contributed by atoms with E-state index in [0.717, 1.165) is 0 Å². The van der Waals surface area contributed by atoms with E-state index < -0.39 is 41.1 Å². The summed E-state index contributed by atoms with van der Waals surface area (Å²) in [6.07, 6.45) is -10.5. The number of phenolic OH excluding ortho intramolecular Hbond substituents is 1. The fourth-order valence-corrected chi connectivity index (χ4v) is 1.20. The van der Waals surface area contributed by atoms with E-state index in [1.165, 1.54) is 0 Å². The third kappa shape index (κ3) is 2.51. The van der Waals surface area contributed by atoms with E-state index in [4.69, 9.17) is 5.11 Å². The SMILES string of the molecule is O=Cc1c(C(F)(F)F)ccc(C(F)(F)F)c1O. The van der Waals surface area contributed by atoms with Crippen molar-refractivity contribution in [1.29, 1.82) is 0 Å². The molecule has 0 saturated carbocycles. The maximum atomic E-state index is 12.3. The van der Waals surface area contributed by atoms with E-state index >= 15 is 0 Å². The molecule has 0 amide bonds. The van der Waals surface area contributed by atoms with Crippen molar-refractivity contribution in [2.75, 3.05) is 0 Å². The second kappa shape index (κ2) is 3.94. The van der Waals surface area contributed by atoms with Crippen LogP contribution in [0.1, 0.15) is 21.5 Å². The van der Waals surface area contributed by atoms with Gasteiger partial charge in [0.15, 0.2) is 6.29 Å². The lowest BCUT2D eigenvalue weighted by atomic mass is 10.0. The molecule has 0 aliphatic rings. The van der Waals surface area contributed by atoms with Gasteiger partial charge in [0, 0.05) is 0 Å². The minimum Gasteiger partial charge on any atom is -0.507 e. The van der Waals surface area contributed by atoms with Gasteiger partial charge in [-0.25, -0.2) is 0 Å². The molecule has 0 aromatic heterocycles. The van der Waals surface area contributed by atoms with Crippen LogP contribution in [0.4, 0.5) is 26.3 Å². The van der Waals surface area contributed by atoms with Gasteiger partial charge in [-0.05, 0) is 12.1 Å². The second-order valence-electron chi connectivity index (χ2n) is 3.04. The molecule has 0 radical (unpaired) electrons. The molecular formula is C9H4F6O2. The third-order valence-electron chi connectivity index (χ3n) is 1.95. The number of aromatic hydroxyl groups is 1. The van der Waals surface area contributed by atoms with Gasteiger partial charge in [-0.3, -0.25) is 4.79 Å². The average Bonchev–Trinajstić information content (AvgIpc) is 2.13. The van der Waals surface area contributed by atoms with Crippen LogP contribution in [-0.4, -0.2) is 11.4 Å². The Bertz CT molecular complexity index is 446. The molecule has 1 aromatic carbocycles. The summed E-state index contributed by atoms with van der Waals surface area (Å²) in [5, 5.41) is 9.02. The molecular weight excluding hydrogens is 254 g/mol. The molecule has 0 spiro atoms. The highest BCUT2D eigenvalue weighted by atomic mass is 19.4. The standard InChI is InChI=1S/C9H4F6O2/c10-8(11,12)5-1-2-6(9(13,14)15)7(17)4(5)3-16/h1-3,17H. The van der Waals surface area contributed by atoms with Gasteiger partial charge in [0.2, 0.25) is 0 Å². The molecule has 0 aliphatic carbocycles. The van der Waals surface area contributed by atoms with Gasteiger partial charge in [0.25, 0.3) is 0 Å². The number of alkyl halides is 6. The zero-order chi connectivity index (χ0) is 13.4. The number of carbonyl (C=O) groups is 1. The maximum Gasteiger partial charge on any atom is 0.419 e. The maximum absolute atomic E-state index is 12.3. The molecule has 17 heavy (non-hydrogen) atoms. The van der Waals surface area contributed by atoms with E-state index in [9.17, 15) is 31.1 Å². The van der Waals surface area contributed by atoms with Crippen LogP contribution >= 0.6 is 0 Å². The van der Waals surface area contributed by atoms with Crippen molar-refractivity contribution >= 4 is 6.29 Å². The fraction of sp³-hybridized carbons (Fsp3) is 0.222. The van der Waals surface area contributed by atoms with Crippen LogP contribution in [0.25, 0.3) is 0 Å². The molecule has 0 fully saturated rings. The normalized spacial score (nSPS) is 12.6. The van der Waals surface area contributed by atoms with Crippen molar-refractivity contribution in [2.24, 2.45) is 0 Å². The summed E-state index contributed by atoms with van der Waals surface area (Å²) in [5.74, 6) is -1.72. The van der Waals surface area contributed by atoms with Gasteiger partial charge >= 0.3 is 12.4 Å². The van der Waals surface area contributed by atoms with Crippen LogP contribution in [0, 0.1) is 0 Å². The predicted octanol–water partition coefficient (Wildman–Crippen LogP) is 3.24. The quantitative estimate of drug-likeness (QED) is 0.620. The summed E-state index contributed by atoms with van der Waals surface area (Å²) in [6, 6.07) is 0.178. The minimum atomic E-state index is -5.04. The molecule has 0 saturated heterocycles. The first-order chi connectivity index (χ1) is 7.59. The number of hydrogen-bond acceptors (Lipinski definition) is 2. The van der Waals surface area contributed by atoms with Crippen molar-refractivity contribution in [3.8, 4) is 5.75 Å². The average molecular weight is 258 g/mol. The zero-order valence-electron chi connectivity index (χ0n) is 7.86. The Labute approximate surface area is 90.5 Å². The van der Waals surface area contributed by atoms with Crippen LogP contribution in [0.5, 0.6) is 5.75 Å². The molecule has 2 nitrogen and oxygen atoms in total. The summed E-state index contributed by atoms with van der Waals surface area (Å²) in [5.41, 5.74) is -4.72. The number of phenols is 1. The van der Waals surface area contributed by atoms with Gasteiger partial charge in [-0.2, -0.15) is 26.3 Å². The Morgan fingerprint density at radius 3 is 1.71 bits per heavy atom. The molecule has 0 heterocycles. The van der Waals surface area contributed by atoms with Crippen LogP contribution in [0.2, 0.25) is 0 Å². The number of rotatable bonds is 1. The zero-order valence-corrected chi connectivity index (χ0v) is 7.86. The summed E-state index contributed by atoms with van der Waals surface area (Å²) >= 11 is 0.